The number of hydrogen-bond donors (Lipinski definition) is 1. The highest BCUT2D eigenvalue weighted by Crippen LogP contribution is 2.55. The van der Waals surface area contributed by atoms with Gasteiger partial charge in [-0.15, -0.1) is 0 Å². The molecular formula is C15H24O4P+. The first-order chi connectivity index (χ1) is 9.59. The largest absolute Gasteiger partial charge is 0.416 e. The van der Waals surface area contributed by atoms with Crippen LogP contribution in [0.2, 0.25) is 0 Å². The lowest BCUT2D eigenvalue weighted by Crippen LogP contribution is -2.12. The zero-order valence-electron chi connectivity index (χ0n) is 12.2. The number of aryl methyl sites for hydroxylation is 1. The molecule has 0 radical (unpaired) electrons. The highest BCUT2D eigenvalue weighted by molar-refractivity contribution is 7.61. The Morgan fingerprint density at radius 3 is 2.35 bits per heavy atom. The number of carbonyl (C=O) groups excluding carboxylic acids is 1. The third kappa shape index (κ3) is 6.58. The Bertz CT molecular complexity index is 390. The molecule has 0 saturated carbocycles. The average molecular weight is 299 g/mol. The monoisotopic (exact) mass is 299 g/mol. The first-order valence-electron chi connectivity index (χ1n) is 6.87. The molecule has 0 saturated heterocycles. The van der Waals surface area contributed by atoms with Gasteiger partial charge in [0, 0.05) is 6.42 Å². The van der Waals surface area contributed by atoms with Crippen molar-refractivity contribution in [3.05, 3.63) is 35.9 Å². The summed E-state index contributed by atoms with van der Waals surface area (Å²) in [6.45, 7) is 0. The summed E-state index contributed by atoms with van der Waals surface area (Å²) in [5.74, 6) is 0.00393. The van der Waals surface area contributed by atoms with Crippen LogP contribution in [0, 0.1) is 0 Å². The van der Waals surface area contributed by atoms with E-state index in [9.17, 15) is 9.69 Å². The van der Waals surface area contributed by atoms with E-state index < -0.39 is 7.94 Å². The number of rotatable bonds is 10. The van der Waals surface area contributed by atoms with Gasteiger partial charge in [-0.25, -0.2) is 0 Å². The molecule has 0 spiro atoms. The number of benzene rings is 1. The summed E-state index contributed by atoms with van der Waals surface area (Å²) in [5.41, 5.74) is 1.33. The van der Waals surface area contributed by atoms with Gasteiger partial charge in [-0.05, 0) is 24.8 Å². The van der Waals surface area contributed by atoms with Gasteiger partial charge in [0.25, 0.3) is 0 Å². The van der Waals surface area contributed by atoms with E-state index in [1.165, 1.54) is 19.8 Å². The third-order valence-electron chi connectivity index (χ3n) is 3.21. The van der Waals surface area contributed by atoms with E-state index in [1.54, 1.807) is 0 Å². The number of unbranched alkanes of at least 4 members (excludes halogenated alkanes) is 2. The molecule has 1 aromatic rings. The van der Waals surface area contributed by atoms with Crippen LogP contribution in [0.5, 0.6) is 0 Å². The Morgan fingerprint density at radius 1 is 1.10 bits per heavy atom. The van der Waals surface area contributed by atoms with Crippen molar-refractivity contribution in [3.63, 3.8) is 0 Å². The highest BCUT2D eigenvalue weighted by Gasteiger charge is 2.40. The maximum atomic E-state index is 11.7. The maximum Gasteiger partial charge on any atom is 0.416 e. The summed E-state index contributed by atoms with van der Waals surface area (Å²) in [7, 11) is -0.209. The zero-order chi connectivity index (χ0) is 14.8. The summed E-state index contributed by atoms with van der Waals surface area (Å²) in [4.78, 5) is 21.5. The minimum absolute atomic E-state index is 0.00393. The molecule has 0 aliphatic carbocycles. The molecule has 0 heterocycles. The predicted molar refractivity (Wildman–Crippen MR) is 81.6 cm³/mol. The molecule has 0 bridgehead atoms. The second-order valence-electron chi connectivity index (χ2n) is 4.75. The molecule has 0 unspecified atom stereocenters. The standard InChI is InChI=1S/C15H24O4P/c1-18-20(17,19-2)13-15(16)12-8-4-7-11-14-9-5-3-6-10-14/h3,5-6,9-10,17H,4,7-8,11-13H2,1-2H3/q+1. The summed E-state index contributed by atoms with van der Waals surface area (Å²) in [5, 5.41) is 0. The highest BCUT2D eigenvalue weighted by atomic mass is 31.2. The Labute approximate surface area is 121 Å². The first-order valence-corrected chi connectivity index (χ1v) is 8.64. The van der Waals surface area contributed by atoms with Crippen molar-refractivity contribution >= 4 is 13.7 Å². The molecule has 1 rings (SSSR count). The summed E-state index contributed by atoms with van der Waals surface area (Å²) < 4.78 is 9.73. The second-order valence-corrected chi connectivity index (χ2v) is 7.07. The van der Waals surface area contributed by atoms with E-state index in [0.717, 1.165) is 25.7 Å². The van der Waals surface area contributed by atoms with Gasteiger partial charge < -0.3 is 0 Å². The van der Waals surface area contributed by atoms with Gasteiger partial charge in [0.05, 0.1) is 14.2 Å². The number of ketones is 1. The Balaban J connectivity index is 2.13. The van der Waals surface area contributed by atoms with Crippen molar-refractivity contribution < 1.29 is 18.7 Å². The van der Waals surface area contributed by atoms with E-state index >= 15 is 0 Å². The SMILES string of the molecule is CO[P+](O)(CC(=O)CCCCCc1ccccc1)OC. The lowest BCUT2D eigenvalue weighted by molar-refractivity contribution is -0.117. The van der Waals surface area contributed by atoms with Gasteiger partial charge in [-0.3, -0.25) is 4.79 Å². The van der Waals surface area contributed by atoms with Crippen LogP contribution in [-0.4, -0.2) is 31.1 Å². The first kappa shape index (κ1) is 17.3. The zero-order valence-corrected chi connectivity index (χ0v) is 13.1. The van der Waals surface area contributed by atoms with Crippen LogP contribution < -0.4 is 0 Å². The smallest absolute Gasteiger partial charge is 0.295 e. The van der Waals surface area contributed by atoms with Crippen molar-refractivity contribution in [3.8, 4) is 0 Å². The molecule has 112 valence electrons. The van der Waals surface area contributed by atoms with Crippen LogP contribution in [0.1, 0.15) is 31.2 Å². The van der Waals surface area contributed by atoms with Gasteiger partial charge >= 0.3 is 7.94 Å². The Morgan fingerprint density at radius 2 is 1.75 bits per heavy atom. The van der Waals surface area contributed by atoms with Crippen molar-refractivity contribution in [2.45, 2.75) is 32.1 Å². The molecule has 0 fully saturated rings. The molecule has 0 amide bonds. The lowest BCUT2D eigenvalue weighted by atomic mass is 10.1. The molecule has 0 aliphatic heterocycles. The van der Waals surface area contributed by atoms with E-state index in [4.69, 9.17) is 9.05 Å². The summed E-state index contributed by atoms with van der Waals surface area (Å²) >= 11 is 0. The van der Waals surface area contributed by atoms with Crippen molar-refractivity contribution in [2.24, 2.45) is 0 Å². The van der Waals surface area contributed by atoms with Gasteiger partial charge in [-0.2, -0.15) is 13.9 Å². The fraction of sp³-hybridized carbons (Fsp3) is 0.533. The van der Waals surface area contributed by atoms with E-state index in [2.05, 4.69) is 12.1 Å². The molecule has 20 heavy (non-hydrogen) atoms. The molecule has 1 aromatic carbocycles. The normalized spacial score (nSPS) is 11.6. The van der Waals surface area contributed by atoms with Crippen LogP contribution in [0.15, 0.2) is 30.3 Å². The van der Waals surface area contributed by atoms with E-state index in [1.807, 2.05) is 18.2 Å². The molecule has 4 nitrogen and oxygen atoms in total. The molecule has 0 aliphatic rings. The topological polar surface area (TPSA) is 55.8 Å². The quantitative estimate of drug-likeness (QED) is 0.531. The van der Waals surface area contributed by atoms with E-state index in [-0.39, 0.29) is 11.9 Å². The van der Waals surface area contributed by atoms with E-state index in [0.29, 0.717) is 6.42 Å². The second kappa shape index (κ2) is 9.19. The van der Waals surface area contributed by atoms with Crippen LogP contribution in [0.4, 0.5) is 0 Å². The van der Waals surface area contributed by atoms with Gasteiger partial charge in [0.2, 0.25) is 0 Å². The van der Waals surface area contributed by atoms with Crippen LogP contribution in [0.3, 0.4) is 0 Å². The number of hydrogen-bond acceptors (Lipinski definition) is 4. The minimum atomic E-state index is -2.94. The van der Waals surface area contributed by atoms with Crippen LogP contribution in [0.25, 0.3) is 0 Å². The van der Waals surface area contributed by atoms with Crippen molar-refractivity contribution in [1.82, 2.24) is 0 Å². The summed E-state index contributed by atoms with van der Waals surface area (Å²) in [6.07, 6.45) is 4.44. The number of Topliss-reactive ketones (excluding diaryl/α,β-unsaturated/α-hetero) is 1. The Hall–Kier alpha value is -0.800. The molecular weight excluding hydrogens is 275 g/mol. The van der Waals surface area contributed by atoms with Gasteiger partial charge in [-0.1, -0.05) is 36.8 Å². The molecule has 1 N–H and O–H groups in total. The Kier molecular flexibility index (Phi) is 7.93. The van der Waals surface area contributed by atoms with Gasteiger partial charge in [0.1, 0.15) is 0 Å². The minimum Gasteiger partial charge on any atom is -0.295 e. The van der Waals surface area contributed by atoms with Crippen LogP contribution >= 0.6 is 7.94 Å². The molecule has 0 atom stereocenters. The molecule has 0 aromatic heterocycles. The average Bonchev–Trinajstić information content (AvgIpc) is 2.48. The van der Waals surface area contributed by atoms with Gasteiger partial charge in [0.15, 0.2) is 11.9 Å². The maximum absolute atomic E-state index is 11.7. The third-order valence-corrected chi connectivity index (χ3v) is 5.10. The van der Waals surface area contributed by atoms with Crippen molar-refractivity contribution in [1.29, 1.82) is 0 Å². The van der Waals surface area contributed by atoms with Crippen molar-refractivity contribution in [2.75, 3.05) is 20.4 Å². The fourth-order valence-electron chi connectivity index (χ4n) is 1.98. The fourth-order valence-corrected chi connectivity index (χ4v) is 2.99. The summed E-state index contributed by atoms with van der Waals surface area (Å²) in [6, 6.07) is 10.3. The predicted octanol–water partition coefficient (Wildman–Crippen LogP) is 3.41. The number of carbonyl (C=O) groups is 1. The van der Waals surface area contributed by atoms with Crippen LogP contribution in [-0.2, 0) is 20.3 Å². The lowest BCUT2D eigenvalue weighted by Gasteiger charge is -2.11. The molecule has 5 heteroatoms.